The number of carbonyl (C=O) groups excluding carboxylic acids is 3. The van der Waals surface area contributed by atoms with E-state index in [1.54, 1.807) is 12.1 Å². The van der Waals surface area contributed by atoms with Gasteiger partial charge in [0, 0.05) is 25.2 Å². The Kier molecular flexibility index (Phi) is 12.0. The number of ether oxygens (including phenoxy) is 2. The van der Waals surface area contributed by atoms with Gasteiger partial charge < -0.3 is 14.8 Å². The van der Waals surface area contributed by atoms with E-state index in [0.717, 1.165) is 43.9 Å². The number of carbonyl (C=O) groups is 3. The molecule has 0 fully saturated rings. The van der Waals surface area contributed by atoms with Crippen molar-refractivity contribution in [3.63, 3.8) is 0 Å². The molecule has 0 spiro atoms. The van der Waals surface area contributed by atoms with Crippen molar-refractivity contribution in [3.8, 4) is 5.88 Å². The molecule has 0 aliphatic carbocycles. The Morgan fingerprint density at radius 1 is 0.946 bits per heavy atom. The number of hydrogen-bond donors (Lipinski definition) is 2. The lowest BCUT2D eigenvalue weighted by atomic mass is 10.1. The molecule has 0 radical (unpaired) electrons. The van der Waals surface area contributed by atoms with Gasteiger partial charge in [-0.25, -0.2) is 22.9 Å². The van der Waals surface area contributed by atoms with Gasteiger partial charge in [0.1, 0.15) is 6.10 Å². The van der Waals surface area contributed by atoms with Crippen LogP contribution in [0.15, 0.2) is 47.5 Å². The van der Waals surface area contributed by atoms with Crippen LogP contribution in [0.2, 0.25) is 0 Å². The minimum absolute atomic E-state index is 0.0222. The number of pyridine rings is 1. The van der Waals surface area contributed by atoms with Crippen molar-refractivity contribution < 1.29 is 32.3 Å². The van der Waals surface area contributed by atoms with Crippen LogP contribution in [0.3, 0.4) is 0 Å². The van der Waals surface area contributed by atoms with Gasteiger partial charge in [0.25, 0.3) is 15.9 Å². The van der Waals surface area contributed by atoms with Gasteiger partial charge in [-0.2, -0.15) is 0 Å². The van der Waals surface area contributed by atoms with Gasteiger partial charge in [-0.15, -0.1) is 0 Å². The Hall–Kier alpha value is -3.47. The maximum Gasteiger partial charge on any atom is 0.515 e. The number of aromatic nitrogens is 1. The van der Waals surface area contributed by atoms with Crippen molar-refractivity contribution in [1.82, 2.24) is 15.0 Å². The molecule has 2 rings (SSSR count). The van der Waals surface area contributed by atoms with Crippen LogP contribution in [-0.4, -0.2) is 44.0 Å². The highest BCUT2D eigenvalue weighted by Gasteiger charge is 2.20. The summed E-state index contributed by atoms with van der Waals surface area (Å²) in [5.41, 5.74) is 0.815. The zero-order valence-electron chi connectivity index (χ0n) is 21.5. The second-order valence-corrected chi connectivity index (χ2v) is 10.2. The second kappa shape index (κ2) is 14.9. The number of nitrogens with one attached hydrogen (secondary N) is 2. The van der Waals surface area contributed by atoms with E-state index in [-0.39, 0.29) is 28.4 Å². The first-order valence-corrected chi connectivity index (χ1v) is 13.9. The molecule has 1 heterocycles. The third-order valence-electron chi connectivity index (χ3n) is 5.34. The van der Waals surface area contributed by atoms with Gasteiger partial charge in [0.05, 0.1) is 10.5 Å². The first-order chi connectivity index (χ1) is 17.7. The lowest BCUT2D eigenvalue weighted by Gasteiger charge is -2.15. The minimum Gasteiger partial charge on any atom is -0.431 e. The van der Waals surface area contributed by atoms with E-state index in [2.05, 4.69) is 10.3 Å². The van der Waals surface area contributed by atoms with E-state index in [9.17, 15) is 22.8 Å². The molecule has 2 aromatic rings. The average Bonchev–Trinajstić information content (AvgIpc) is 2.85. The van der Waals surface area contributed by atoms with Crippen LogP contribution in [0.4, 0.5) is 4.79 Å². The highest BCUT2D eigenvalue weighted by atomic mass is 32.2. The molecular formula is C26H35N3O7S. The molecule has 202 valence electrons. The molecule has 11 heteroatoms. The van der Waals surface area contributed by atoms with Crippen molar-refractivity contribution in [2.45, 2.75) is 76.7 Å². The van der Waals surface area contributed by atoms with Crippen molar-refractivity contribution in [2.75, 3.05) is 6.54 Å². The summed E-state index contributed by atoms with van der Waals surface area (Å²) >= 11 is 0. The summed E-state index contributed by atoms with van der Waals surface area (Å²) in [4.78, 5) is 39.8. The molecule has 2 amide bonds. The lowest BCUT2D eigenvalue weighted by Crippen LogP contribution is -2.30. The Bertz CT molecular complexity index is 1130. The fourth-order valence-corrected chi connectivity index (χ4v) is 4.44. The molecule has 0 atom stereocenters. The van der Waals surface area contributed by atoms with Gasteiger partial charge in [-0.1, -0.05) is 45.7 Å². The molecule has 1 aromatic heterocycles. The zero-order valence-corrected chi connectivity index (χ0v) is 22.3. The topological polar surface area (TPSA) is 141 Å². The van der Waals surface area contributed by atoms with Crippen LogP contribution < -0.4 is 14.8 Å². The first-order valence-electron chi connectivity index (χ1n) is 12.5. The molecule has 0 aliphatic rings. The molecule has 10 nitrogen and oxygen atoms in total. The van der Waals surface area contributed by atoms with Crippen LogP contribution in [0, 0.1) is 0 Å². The summed E-state index contributed by atoms with van der Waals surface area (Å²) in [5.74, 6) is -0.973. The first kappa shape index (κ1) is 29.8. The van der Waals surface area contributed by atoms with E-state index >= 15 is 0 Å². The summed E-state index contributed by atoms with van der Waals surface area (Å²) in [5, 5.41) is 2.80. The Balaban J connectivity index is 1.92. The number of benzene rings is 1. The predicted octanol–water partition coefficient (Wildman–Crippen LogP) is 4.14. The fraction of sp³-hybridized carbons (Fsp3) is 0.462. The van der Waals surface area contributed by atoms with Gasteiger partial charge >= 0.3 is 6.16 Å². The van der Waals surface area contributed by atoms with E-state index < -0.39 is 22.1 Å². The predicted molar refractivity (Wildman–Crippen MR) is 138 cm³/mol. The SMILES string of the molecule is CCCC(=O)NCCc1ccc(S(=O)(=O)NC(=O)c2ccc(OC(=O)OC(CCC)CCC)nc2)cc1. The highest BCUT2D eigenvalue weighted by molar-refractivity contribution is 7.90. The molecule has 37 heavy (non-hydrogen) atoms. The lowest BCUT2D eigenvalue weighted by molar-refractivity contribution is -0.121. The summed E-state index contributed by atoms with van der Waals surface area (Å²) in [7, 11) is -4.12. The van der Waals surface area contributed by atoms with Crippen LogP contribution in [0.25, 0.3) is 0 Å². The van der Waals surface area contributed by atoms with Gasteiger partial charge in [0.15, 0.2) is 0 Å². The number of rotatable bonds is 14. The zero-order chi connectivity index (χ0) is 27.3. The van der Waals surface area contributed by atoms with E-state index in [4.69, 9.17) is 9.47 Å². The van der Waals surface area contributed by atoms with Crippen LogP contribution in [0.1, 0.15) is 75.2 Å². The largest absolute Gasteiger partial charge is 0.515 e. The van der Waals surface area contributed by atoms with Crippen molar-refractivity contribution >= 4 is 28.0 Å². The summed E-state index contributed by atoms with van der Waals surface area (Å²) in [6.45, 7) is 6.37. The minimum atomic E-state index is -4.12. The standard InChI is InChI=1S/C26H35N3O7S/c1-4-7-21(8-5-2)35-26(32)36-24-15-12-20(18-28-24)25(31)29-37(33,34)22-13-10-19(11-14-22)16-17-27-23(30)9-6-3/h10-15,18,21H,4-9,16-17H2,1-3H3,(H,27,30)(H,29,31). The van der Waals surface area contributed by atoms with Crippen LogP contribution >= 0.6 is 0 Å². The van der Waals surface area contributed by atoms with Crippen molar-refractivity contribution in [3.05, 3.63) is 53.7 Å². The van der Waals surface area contributed by atoms with Crippen LogP contribution in [-0.2, 0) is 26.0 Å². The summed E-state index contributed by atoms with van der Waals surface area (Å²) < 4.78 is 37.6. The molecule has 0 saturated heterocycles. The Labute approximate surface area is 218 Å². The molecule has 0 unspecified atom stereocenters. The monoisotopic (exact) mass is 533 g/mol. The maximum atomic E-state index is 12.6. The Morgan fingerprint density at radius 2 is 1.62 bits per heavy atom. The summed E-state index contributed by atoms with van der Waals surface area (Å²) in [6, 6.07) is 8.62. The average molecular weight is 534 g/mol. The number of amides is 2. The van der Waals surface area contributed by atoms with E-state index in [1.807, 2.05) is 25.5 Å². The number of hydrogen-bond acceptors (Lipinski definition) is 8. The molecule has 0 saturated carbocycles. The van der Waals surface area contributed by atoms with Crippen molar-refractivity contribution in [2.24, 2.45) is 0 Å². The van der Waals surface area contributed by atoms with E-state index in [1.165, 1.54) is 24.3 Å². The van der Waals surface area contributed by atoms with Gasteiger partial charge in [-0.3, -0.25) is 9.59 Å². The number of sulfonamides is 1. The molecule has 2 N–H and O–H groups in total. The van der Waals surface area contributed by atoms with Gasteiger partial charge in [-0.05, 0) is 49.4 Å². The number of nitrogens with zero attached hydrogens (tertiary/aromatic N) is 1. The van der Waals surface area contributed by atoms with Crippen molar-refractivity contribution in [1.29, 1.82) is 0 Å². The van der Waals surface area contributed by atoms with Gasteiger partial charge in [0.2, 0.25) is 11.8 Å². The molecule has 1 aromatic carbocycles. The van der Waals surface area contributed by atoms with E-state index in [0.29, 0.717) is 19.4 Å². The fourth-order valence-electron chi connectivity index (χ4n) is 3.46. The molecule has 0 bridgehead atoms. The maximum absolute atomic E-state index is 12.6. The normalized spacial score (nSPS) is 11.1. The quantitative estimate of drug-likeness (QED) is 0.345. The summed E-state index contributed by atoms with van der Waals surface area (Å²) in [6.07, 6.45) is 4.96. The highest BCUT2D eigenvalue weighted by Crippen LogP contribution is 2.15. The smallest absolute Gasteiger partial charge is 0.431 e. The third kappa shape index (κ3) is 10.2. The van der Waals surface area contributed by atoms with Crippen LogP contribution in [0.5, 0.6) is 5.88 Å². The molecule has 0 aliphatic heterocycles. The molecular weight excluding hydrogens is 498 g/mol. The second-order valence-electron chi connectivity index (χ2n) is 8.48. The third-order valence-corrected chi connectivity index (χ3v) is 6.69. The Morgan fingerprint density at radius 3 is 2.19 bits per heavy atom.